The van der Waals surface area contributed by atoms with E-state index in [4.69, 9.17) is 5.11 Å². The second-order valence-corrected chi connectivity index (χ2v) is 2.17. The normalized spacial score (nSPS) is 11.6. The average molecular weight is 146 g/mol. The Morgan fingerprint density at radius 3 is 2.67 bits per heavy atom. The Hall–Kier alpha value is -0.440. The fraction of sp³-hybridized carbons (Fsp3) is 0.500. The largest absolute Gasteiger partial charge is 0.481 e. The van der Waals surface area contributed by atoms with Crippen LogP contribution in [-0.4, -0.2) is 16.8 Å². The van der Waals surface area contributed by atoms with Crippen LogP contribution in [0.3, 0.4) is 0 Å². The highest BCUT2D eigenvalue weighted by Gasteiger charge is 1.95. The molecule has 0 bridgehead atoms. The lowest BCUT2D eigenvalue weighted by Gasteiger charge is -1.91. The molecule has 0 atom stereocenters. The number of carbonyl (C=O) groups is 1. The summed E-state index contributed by atoms with van der Waals surface area (Å²) in [6.07, 6.45) is 1.91. The van der Waals surface area contributed by atoms with Crippen molar-refractivity contribution in [1.82, 2.24) is 0 Å². The van der Waals surface area contributed by atoms with Crippen molar-refractivity contribution < 1.29 is 9.90 Å². The molecule has 0 aliphatic heterocycles. The number of aliphatic carboxylic acids is 1. The lowest BCUT2D eigenvalue weighted by molar-refractivity contribution is -0.136. The van der Waals surface area contributed by atoms with Crippen LogP contribution >= 0.6 is 12.6 Å². The summed E-state index contributed by atoms with van der Waals surface area (Å²) in [6.45, 7) is 1.78. The van der Waals surface area contributed by atoms with Gasteiger partial charge in [-0.1, -0.05) is 11.6 Å². The van der Waals surface area contributed by atoms with Crippen molar-refractivity contribution in [2.24, 2.45) is 0 Å². The van der Waals surface area contributed by atoms with E-state index in [9.17, 15) is 4.79 Å². The van der Waals surface area contributed by atoms with E-state index in [1.807, 2.05) is 0 Å². The van der Waals surface area contributed by atoms with E-state index in [0.717, 1.165) is 5.57 Å². The van der Waals surface area contributed by atoms with Crippen LogP contribution in [0.5, 0.6) is 0 Å². The predicted octanol–water partition coefficient (Wildman–Crippen LogP) is 1.34. The third-order valence-electron chi connectivity index (χ3n) is 0.870. The minimum atomic E-state index is -0.787. The summed E-state index contributed by atoms with van der Waals surface area (Å²) in [7, 11) is 0. The molecule has 0 unspecified atom stereocenters. The van der Waals surface area contributed by atoms with Gasteiger partial charge in [0, 0.05) is 5.75 Å². The Labute approximate surface area is 60.0 Å². The summed E-state index contributed by atoms with van der Waals surface area (Å²) in [5.41, 5.74) is 0.859. The first-order valence-electron chi connectivity index (χ1n) is 2.65. The Bertz CT molecular complexity index is 129. The van der Waals surface area contributed by atoms with Gasteiger partial charge in [0.2, 0.25) is 0 Å². The van der Waals surface area contributed by atoms with Crippen molar-refractivity contribution in [2.75, 3.05) is 5.75 Å². The van der Waals surface area contributed by atoms with Gasteiger partial charge in [0.25, 0.3) is 0 Å². The van der Waals surface area contributed by atoms with E-state index in [1.165, 1.54) is 0 Å². The molecular formula is C6H10O2S. The van der Waals surface area contributed by atoms with E-state index in [2.05, 4.69) is 12.6 Å². The summed E-state index contributed by atoms with van der Waals surface area (Å²) < 4.78 is 0. The van der Waals surface area contributed by atoms with Gasteiger partial charge in [0.05, 0.1) is 6.42 Å². The monoisotopic (exact) mass is 146 g/mol. The fourth-order valence-corrected chi connectivity index (χ4v) is 0.778. The molecular weight excluding hydrogens is 136 g/mol. The molecule has 0 aliphatic rings. The van der Waals surface area contributed by atoms with Crippen molar-refractivity contribution in [3.8, 4) is 0 Å². The molecule has 0 heterocycles. The lowest BCUT2D eigenvalue weighted by atomic mass is 10.2. The number of carboxylic acid groups (broad SMARTS) is 1. The smallest absolute Gasteiger partial charge is 0.307 e. The molecule has 0 fully saturated rings. The summed E-state index contributed by atoms with van der Waals surface area (Å²) in [4.78, 5) is 10.0. The molecule has 0 aromatic carbocycles. The van der Waals surface area contributed by atoms with Gasteiger partial charge in [-0.2, -0.15) is 12.6 Å². The van der Waals surface area contributed by atoms with Crippen molar-refractivity contribution in [3.05, 3.63) is 11.6 Å². The highest BCUT2D eigenvalue weighted by Crippen LogP contribution is 1.98. The quantitative estimate of drug-likeness (QED) is 0.465. The van der Waals surface area contributed by atoms with E-state index < -0.39 is 5.97 Å². The number of carboxylic acids is 1. The minimum absolute atomic E-state index is 0.126. The van der Waals surface area contributed by atoms with Gasteiger partial charge >= 0.3 is 5.97 Å². The van der Waals surface area contributed by atoms with Gasteiger partial charge in [-0.15, -0.1) is 0 Å². The fourth-order valence-electron chi connectivity index (χ4n) is 0.467. The van der Waals surface area contributed by atoms with Gasteiger partial charge in [-0.3, -0.25) is 4.79 Å². The van der Waals surface area contributed by atoms with Crippen LogP contribution in [-0.2, 0) is 4.79 Å². The molecule has 0 aromatic heterocycles. The van der Waals surface area contributed by atoms with Crippen molar-refractivity contribution in [2.45, 2.75) is 13.3 Å². The van der Waals surface area contributed by atoms with E-state index in [1.54, 1.807) is 13.0 Å². The SMILES string of the molecule is C/C(=C/CS)CC(=O)O. The topological polar surface area (TPSA) is 37.3 Å². The summed E-state index contributed by atoms with van der Waals surface area (Å²) in [6, 6.07) is 0. The summed E-state index contributed by atoms with van der Waals surface area (Å²) >= 11 is 3.91. The Balaban J connectivity index is 3.62. The molecule has 52 valence electrons. The van der Waals surface area contributed by atoms with E-state index in [0.29, 0.717) is 5.75 Å². The number of thiol groups is 1. The van der Waals surface area contributed by atoms with Gasteiger partial charge in [-0.05, 0) is 6.92 Å². The molecule has 1 N–H and O–H groups in total. The molecule has 0 radical (unpaired) electrons. The number of rotatable bonds is 3. The Morgan fingerprint density at radius 2 is 2.33 bits per heavy atom. The molecule has 0 amide bonds. The minimum Gasteiger partial charge on any atom is -0.481 e. The molecule has 0 saturated heterocycles. The van der Waals surface area contributed by atoms with Crippen molar-refractivity contribution >= 4 is 18.6 Å². The first-order chi connectivity index (χ1) is 4.16. The first-order valence-corrected chi connectivity index (χ1v) is 3.28. The maximum absolute atomic E-state index is 10.0. The third-order valence-corrected chi connectivity index (χ3v) is 1.05. The Morgan fingerprint density at radius 1 is 1.78 bits per heavy atom. The van der Waals surface area contributed by atoms with Crippen molar-refractivity contribution in [1.29, 1.82) is 0 Å². The second kappa shape index (κ2) is 4.44. The molecule has 0 rings (SSSR count). The number of hydrogen-bond donors (Lipinski definition) is 2. The molecule has 0 spiro atoms. The van der Waals surface area contributed by atoms with Gasteiger partial charge < -0.3 is 5.11 Å². The van der Waals surface area contributed by atoms with Gasteiger partial charge in [0.1, 0.15) is 0 Å². The molecule has 0 saturated carbocycles. The highest BCUT2D eigenvalue weighted by molar-refractivity contribution is 7.80. The van der Waals surface area contributed by atoms with E-state index >= 15 is 0 Å². The summed E-state index contributed by atoms with van der Waals surface area (Å²) in [5, 5.41) is 8.24. The molecule has 0 aliphatic carbocycles. The van der Waals surface area contributed by atoms with Crippen LogP contribution in [0.1, 0.15) is 13.3 Å². The Kier molecular flexibility index (Phi) is 4.22. The van der Waals surface area contributed by atoms with Crippen LogP contribution in [0.15, 0.2) is 11.6 Å². The highest BCUT2D eigenvalue weighted by atomic mass is 32.1. The maximum Gasteiger partial charge on any atom is 0.307 e. The third kappa shape index (κ3) is 5.43. The van der Waals surface area contributed by atoms with Crippen LogP contribution in [0.2, 0.25) is 0 Å². The second-order valence-electron chi connectivity index (χ2n) is 1.80. The van der Waals surface area contributed by atoms with Crippen LogP contribution in [0, 0.1) is 0 Å². The van der Waals surface area contributed by atoms with Crippen LogP contribution < -0.4 is 0 Å². The average Bonchev–Trinajstić information content (AvgIpc) is 1.63. The van der Waals surface area contributed by atoms with E-state index in [-0.39, 0.29) is 6.42 Å². The van der Waals surface area contributed by atoms with Crippen LogP contribution in [0.25, 0.3) is 0 Å². The zero-order valence-electron chi connectivity index (χ0n) is 5.29. The summed E-state index contributed by atoms with van der Waals surface area (Å²) in [5.74, 6) is -0.176. The molecule has 0 aromatic rings. The zero-order valence-corrected chi connectivity index (χ0v) is 6.19. The standard InChI is InChI=1S/C6H10O2S/c1-5(2-3-9)4-6(7)8/h2,9H,3-4H2,1H3,(H,7,8)/b5-2-. The van der Waals surface area contributed by atoms with Crippen molar-refractivity contribution in [3.63, 3.8) is 0 Å². The van der Waals surface area contributed by atoms with Gasteiger partial charge in [0.15, 0.2) is 0 Å². The maximum atomic E-state index is 10.0. The molecule has 2 nitrogen and oxygen atoms in total. The predicted molar refractivity (Wildman–Crippen MR) is 39.9 cm³/mol. The molecule has 9 heavy (non-hydrogen) atoms. The molecule has 3 heteroatoms. The van der Waals surface area contributed by atoms with Crippen LogP contribution in [0.4, 0.5) is 0 Å². The zero-order chi connectivity index (χ0) is 7.28. The van der Waals surface area contributed by atoms with Gasteiger partial charge in [-0.25, -0.2) is 0 Å². The lowest BCUT2D eigenvalue weighted by Crippen LogP contribution is -1.94. The first kappa shape index (κ1) is 8.56. The number of hydrogen-bond acceptors (Lipinski definition) is 2.